The molecule has 5 aromatic carbocycles. The van der Waals surface area contributed by atoms with Gasteiger partial charge >= 0.3 is 0 Å². The molecule has 0 fully saturated rings. The van der Waals surface area contributed by atoms with E-state index in [1.165, 1.54) is 12.1 Å². The molecule has 18 heteroatoms. The highest BCUT2D eigenvalue weighted by Gasteiger charge is 2.19. The van der Waals surface area contributed by atoms with Crippen molar-refractivity contribution in [2.75, 3.05) is 0 Å². The van der Waals surface area contributed by atoms with Gasteiger partial charge in [-0.2, -0.15) is 0 Å². The topological polar surface area (TPSA) is 139 Å². The predicted octanol–water partition coefficient (Wildman–Crippen LogP) is 9.69. The van der Waals surface area contributed by atoms with Crippen LogP contribution in [-0.4, -0.2) is 43.5 Å². The molecular weight excluding hydrogens is 906 g/mol. The molecule has 0 aliphatic heterocycles. The van der Waals surface area contributed by atoms with Gasteiger partial charge in [0, 0.05) is 10.0 Å². The fraction of sp³-hybridized carbons (Fsp3) is 0.163. The van der Waals surface area contributed by atoms with Crippen LogP contribution >= 0.6 is 69.6 Å². The van der Waals surface area contributed by atoms with Crippen molar-refractivity contribution in [3.63, 3.8) is 0 Å². The van der Waals surface area contributed by atoms with Crippen LogP contribution in [0.3, 0.4) is 0 Å². The second kappa shape index (κ2) is 18.9. The third kappa shape index (κ3) is 9.86. The molecule has 312 valence electrons. The van der Waals surface area contributed by atoms with Crippen LogP contribution in [0.15, 0.2) is 103 Å². The first-order chi connectivity index (χ1) is 29.2. The SMILES string of the molecule is C#CCn1c(=N)n(CC(O)c2ccc(Cl)c(Cl)c2)c2ccc(Cl)cc21.N=c1n(Cc2cn(Cc3ccc(F)cc3)nn2)c2cc(Cl)ccc2n1CC(O)c1ccc(Cl)c(Cl)c1. The molecule has 2 atom stereocenters. The summed E-state index contributed by atoms with van der Waals surface area (Å²) in [5, 5.41) is 49.8. The van der Waals surface area contributed by atoms with E-state index in [0.717, 1.165) is 27.6 Å². The van der Waals surface area contributed by atoms with Gasteiger partial charge in [0.2, 0.25) is 11.2 Å². The Morgan fingerprint density at radius 1 is 0.607 bits per heavy atom. The molecule has 11 nitrogen and oxygen atoms in total. The maximum atomic E-state index is 13.2. The number of halogens is 7. The van der Waals surface area contributed by atoms with Gasteiger partial charge in [-0.1, -0.05) is 105 Å². The van der Waals surface area contributed by atoms with Gasteiger partial charge in [-0.3, -0.25) is 15.4 Å². The number of nitrogens with one attached hydrogen (secondary N) is 2. The summed E-state index contributed by atoms with van der Waals surface area (Å²) in [6.45, 7) is 1.25. The van der Waals surface area contributed by atoms with Gasteiger partial charge < -0.3 is 23.9 Å². The lowest BCUT2D eigenvalue weighted by atomic mass is 10.1. The first kappa shape index (κ1) is 44.0. The number of aliphatic hydroxyl groups is 2. The predicted molar refractivity (Wildman–Crippen MR) is 238 cm³/mol. The van der Waals surface area contributed by atoms with Crippen LogP contribution in [0.2, 0.25) is 30.1 Å². The number of aromatic nitrogens is 7. The average molecular weight is 941 g/mol. The number of hydrogen-bond acceptors (Lipinski definition) is 6. The lowest BCUT2D eigenvalue weighted by molar-refractivity contribution is 0.155. The summed E-state index contributed by atoms with van der Waals surface area (Å²) in [5.74, 6) is 2.25. The second-order valence-corrected chi connectivity index (χ2v) is 16.4. The first-order valence-electron chi connectivity index (χ1n) is 18.4. The molecule has 0 spiro atoms. The van der Waals surface area contributed by atoms with E-state index < -0.39 is 12.2 Å². The molecule has 0 aliphatic rings. The van der Waals surface area contributed by atoms with Crippen molar-refractivity contribution in [3.8, 4) is 12.3 Å². The van der Waals surface area contributed by atoms with Gasteiger partial charge in [-0.15, -0.1) is 11.5 Å². The Kier molecular flexibility index (Phi) is 13.6. The van der Waals surface area contributed by atoms with Crippen LogP contribution in [0.25, 0.3) is 22.1 Å². The largest absolute Gasteiger partial charge is 0.387 e. The summed E-state index contributed by atoms with van der Waals surface area (Å²) in [6.07, 6.45) is 5.43. The van der Waals surface area contributed by atoms with Crippen molar-refractivity contribution < 1.29 is 14.6 Å². The van der Waals surface area contributed by atoms with E-state index in [2.05, 4.69) is 16.2 Å². The smallest absolute Gasteiger partial charge is 0.203 e. The lowest BCUT2D eigenvalue weighted by Gasteiger charge is -2.13. The Labute approximate surface area is 378 Å². The van der Waals surface area contributed by atoms with E-state index in [1.54, 1.807) is 102 Å². The molecule has 0 radical (unpaired) electrons. The molecule has 61 heavy (non-hydrogen) atoms. The van der Waals surface area contributed by atoms with Crippen molar-refractivity contribution in [2.45, 2.75) is 44.9 Å². The van der Waals surface area contributed by atoms with Crippen LogP contribution in [0, 0.1) is 29.0 Å². The van der Waals surface area contributed by atoms with E-state index in [-0.39, 0.29) is 43.2 Å². The van der Waals surface area contributed by atoms with E-state index in [9.17, 15) is 14.6 Å². The zero-order chi connectivity index (χ0) is 43.5. The highest BCUT2D eigenvalue weighted by atomic mass is 35.5. The molecule has 0 bridgehead atoms. The second-order valence-electron chi connectivity index (χ2n) is 13.9. The number of fused-ring (bicyclic) bond motifs is 2. The van der Waals surface area contributed by atoms with Crippen LogP contribution in [-0.2, 0) is 32.7 Å². The Balaban J connectivity index is 0.000000197. The normalized spacial score (nSPS) is 12.3. The fourth-order valence-electron chi connectivity index (χ4n) is 6.83. The molecule has 0 amide bonds. The minimum atomic E-state index is -0.917. The summed E-state index contributed by atoms with van der Waals surface area (Å²) < 4.78 is 21.7. The molecule has 8 aromatic rings. The van der Waals surface area contributed by atoms with Gasteiger partial charge in [0.05, 0.1) is 93.3 Å². The van der Waals surface area contributed by atoms with Gasteiger partial charge in [-0.05, 0) is 89.5 Å². The third-order valence-corrected chi connectivity index (χ3v) is 11.8. The number of rotatable bonds is 11. The van der Waals surface area contributed by atoms with Crippen LogP contribution in [0.1, 0.15) is 34.6 Å². The van der Waals surface area contributed by atoms with Crippen molar-refractivity contribution >= 4 is 91.7 Å². The molecule has 4 N–H and O–H groups in total. The molecule has 0 aliphatic carbocycles. The number of terminal acetylenes is 1. The summed E-state index contributed by atoms with van der Waals surface area (Å²) in [4.78, 5) is 0. The van der Waals surface area contributed by atoms with Crippen LogP contribution in [0.5, 0.6) is 0 Å². The summed E-state index contributed by atoms with van der Waals surface area (Å²) >= 11 is 36.4. The summed E-state index contributed by atoms with van der Waals surface area (Å²) in [6, 6.07) is 26.8. The minimum absolute atomic E-state index is 0.124. The van der Waals surface area contributed by atoms with E-state index >= 15 is 0 Å². The highest BCUT2D eigenvalue weighted by Crippen LogP contribution is 2.29. The zero-order valence-corrected chi connectivity index (χ0v) is 36.3. The first-order valence-corrected chi connectivity index (χ1v) is 20.7. The number of nitrogens with zero attached hydrogens (tertiary/aromatic N) is 7. The fourth-order valence-corrected chi connectivity index (χ4v) is 7.78. The van der Waals surface area contributed by atoms with E-state index in [0.29, 0.717) is 53.5 Å². The monoisotopic (exact) mass is 937 g/mol. The minimum Gasteiger partial charge on any atom is -0.387 e. The lowest BCUT2D eigenvalue weighted by Crippen LogP contribution is -2.27. The number of aliphatic hydroxyl groups excluding tert-OH is 2. The van der Waals surface area contributed by atoms with Crippen molar-refractivity contribution in [3.05, 3.63) is 173 Å². The molecular formula is C43H34Cl6FN9O2. The standard InChI is InChI=1S/C25H20Cl3FN6O.C18H14Cl3N3O/c26-17-4-8-22-23(10-17)34(13-19-12-33(32-31-19)11-15-1-5-18(29)6-2-15)25(30)35(22)14-24(36)16-3-7-20(27)21(28)9-16;1-2-7-23-16-9-12(19)4-6-15(16)24(18(23)22)10-17(25)11-3-5-13(20)14(21)8-11/h1-10,12,24,30,36H,11,13-14H2;1,3-6,8-9,17,22,25H,7,10H2. The number of imidazole rings is 2. The molecule has 3 aromatic heterocycles. The summed E-state index contributed by atoms with van der Waals surface area (Å²) in [5.41, 5.74) is 6.07. The molecule has 0 saturated heterocycles. The maximum absolute atomic E-state index is 13.2. The van der Waals surface area contributed by atoms with Gasteiger partial charge in [-0.25, -0.2) is 9.07 Å². The zero-order valence-electron chi connectivity index (χ0n) is 31.8. The molecule has 0 saturated carbocycles. The average Bonchev–Trinajstić information content (AvgIpc) is 3.86. The maximum Gasteiger partial charge on any atom is 0.203 e. The Hall–Kier alpha value is -5.07. The number of benzene rings is 5. The van der Waals surface area contributed by atoms with Crippen LogP contribution in [0.4, 0.5) is 4.39 Å². The number of hydrogen-bond donors (Lipinski definition) is 4. The quantitative estimate of drug-likeness (QED) is 0.0960. The van der Waals surface area contributed by atoms with Gasteiger partial charge in [0.15, 0.2) is 0 Å². The Morgan fingerprint density at radius 3 is 1.62 bits per heavy atom. The van der Waals surface area contributed by atoms with Gasteiger partial charge in [0.25, 0.3) is 0 Å². The Morgan fingerprint density at radius 2 is 1.11 bits per heavy atom. The van der Waals surface area contributed by atoms with E-state index in [4.69, 9.17) is 86.8 Å². The van der Waals surface area contributed by atoms with Crippen molar-refractivity contribution in [1.82, 2.24) is 33.3 Å². The molecule has 2 unspecified atom stereocenters. The molecule has 3 heterocycles. The Bertz CT molecular complexity index is 3060. The third-order valence-electron chi connectivity index (χ3n) is 9.84. The van der Waals surface area contributed by atoms with Crippen molar-refractivity contribution in [2.24, 2.45) is 0 Å². The van der Waals surface area contributed by atoms with E-state index in [1.807, 2.05) is 12.1 Å². The van der Waals surface area contributed by atoms with Gasteiger partial charge in [0.1, 0.15) is 11.5 Å². The van der Waals surface area contributed by atoms with Crippen molar-refractivity contribution in [1.29, 1.82) is 10.8 Å². The summed E-state index contributed by atoms with van der Waals surface area (Å²) in [7, 11) is 0. The highest BCUT2D eigenvalue weighted by molar-refractivity contribution is 6.42. The van der Waals surface area contributed by atoms with Crippen LogP contribution < -0.4 is 11.2 Å². The molecule has 8 rings (SSSR count).